The molecule has 1 aromatic rings. The summed E-state index contributed by atoms with van der Waals surface area (Å²) >= 11 is 0. The van der Waals surface area contributed by atoms with Crippen molar-refractivity contribution in [3.8, 4) is 11.5 Å². The molecule has 0 aliphatic carbocycles. The van der Waals surface area contributed by atoms with Crippen molar-refractivity contribution >= 4 is 0 Å². The van der Waals surface area contributed by atoms with Crippen molar-refractivity contribution in [2.45, 2.75) is 25.4 Å². The van der Waals surface area contributed by atoms with Gasteiger partial charge in [0.05, 0.1) is 6.61 Å². The van der Waals surface area contributed by atoms with Crippen LogP contribution in [0.5, 0.6) is 11.5 Å². The van der Waals surface area contributed by atoms with Gasteiger partial charge in [0.15, 0.2) is 0 Å². The van der Waals surface area contributed by atoms with Gasteiger partial charge in [-0.05, 0) is 43.5 Å². The zero-order chi connectivity index (χ0) is 10.2. The Bertz CT molecular complexity index is 348. The first-order valence-electron chi connectivity index (χ1n) is 4.75. The number of phenolic OH excluding ortho intramolecular Hbond substituents is 1. The Morgan fingerprint density at radius 2 is 2.29 bits per heavy atom. The minimum atomic E-state index is -0.468. The number of fused-ring (bicyclic) bond motifs is 1. The third kappa shape index (κ3) is 1.55. The van der Waals surface area contributed by atoms with Crippen molar-refractivity contribution in [1.29, 1.82) is 0 Å². The Kier molecular flexibility index (Phi) is 2.11. The van der Waals surface area contributed by atoms with Crippen LogP contribution in [-0.4, -0.2) is 22.4 Å². The summed E-state index contributed by atoms with van der Waals surface area (Å²) in [6, 6.07) is 5.06. The normalized spacial score (nSPS) is 25.3. The molecule has 0 saturated heterocycles. The second-order valence-electron chi connectivity index (χ2n) is 4.00. The maximum atomic E-state index is 9.27. The minimum Gasteiger partial charge on any atom is -0.508 e. The van der Waals surface area contributed by atoms with E-state index in [0.29, 0.717) is 0 Å². The van der Waals surface area contributed by atoms with Crippen LogP contribution in [0, 0.1) is 0 Å². The number of aryl methyl sites for hydroxylation is 1. The quantitative estimate of drug-likeness (QED) is 0.711. The van der Waals surface area contributed by atoms with Crippen LogP contribution in [0.2, 0.25) is 0 Å². The number of aliphatic hydroxyl groups excluding tert-OH is 1. The van der Waals surface area contributed by atoms with Crippen LogP contribution in [0.25, 0.3) is 0 Å². The standard InChI is InChI=1S/C11H14O3/c1-11(7-12)5-4-8-6-9(13)2-3-10(8)14-11/h2-3,6,12-13H,4-5,7H2,1H3/t11-/m0/s1. The number of rotatable bonds is 1. The van der Waals surface area contributed by atoms with Gasteiger partial charge < -0.3 is 14.9 Å². The minimum absolute atomic E-state index is 0.0211. The molecular formula is C11H14O3. The van der Waals surface area contributed by atoms with Crippen LogP contribution < -0.4 is 4.74 Å². The largest absolute Gasteiger partial charge is 0.508 e. The molecule has 1 aliphatic heterocycles. The number of aliphatic hydroxyl groups is 1. The molecule has 1 aliphatic rings. The van der Waals surface area contributed by atoms with Gasteiger partial charge in [0.1, 0.15) is 17.1 Å². The fourth-order valence-electron chi connectivity index (χ4n) is 1.69. The van der Waals surface area contributed by atoms with Crippen LogP contribution in [0.15, 0.2) is 18.2 Å². The van der Waals surface area contributed by atoms with Gasteiger partial charge in [0.25, 0.3) is 0 Å². The van der Waals surface area contributed by atoms with E-state index < -0.39 is 5.60 Å². The molecule has 0 fully saturated rings. The van der Waals surface area contributed by atoms with Gasteiger partial charge in [-0.2, -0.15) is 0 Å². The van der Waals surface area contributed by atoms with E-state index in [9.17, 15) is 5.11 Å². The predicted octanol–water partition coefficient (Wildman–Crippen LogP) is 1.47. The molecule has 3 heteroatoms. The molecule has 2 N–H and O–H groups in total. The summed E-state index contributed by atoms with van der Waals surface area (Å²) in [5, 5.41) is 18.4. The highest BCUT2D eigenvalue weighted by molar-refractivity contribution is 5.41. The maximum absolute atomic E-state index is 9.27. The van der Waals surface area contributed by atoms with Crippen molar-refractivity contribution in [3.63, 3.8) is 0 Å². The summed E-state index contributed by atoms with van der Waals surface area (Å²) in [4.78, 5) is 0. The van der Waals surface area contributed by atoms with Crippen molar-refractivity contribution < 1.29 is 14.9 Å². The van der Waals surface area contributed by atoms with Gasteiger partial charge in [-0.15, -0.1) is 0 Å². The van der Waals surface area contributed by atoms with Gasteiger partial charge in [0, 0.05) is 0 Å². The summed E-state index contributed by atoms with van der Waals surface area (Å²) in [5.41, 5.74) is 0.542. The SMILES string of the molecule is C[C@@]1(CO)CCc2cc(O)ccc2O1. The molecule has 1 heterocycles. The van der Waals surface area contributed by atoms with E-state index in [2.05, 4.69) is 0 Å². The Balaban J connectivity index is 2.31. The number of ether oxygens (including phenoxy) is 1. The van der Waals surface area contributed by atoms with Crippen LogP contribution in [0.1, 0.15) is 18.9 Å². The summed E-state index contributed by atoms with van der Waals surface area (Å²) in [7, 11) is 0. The molecule has 0 aromatic heterocycles. The second-order valence-corrected chi connectivity index (χ2v) is 4.00. The molecule has 0 spiro atoms. The fraction of sp³-hybridized carbons (Fsp3) is 0.455. The molecule has 1 aromatic carbocycles. The Morgan fingerprint density at radius 1 is 1.50 bits per heavy atom. The lowest BCUT2D eigenvalue weighted by Gasteiger charge is -2.34. The Morgan fingerprint density at radius 3 is 3.00 bits per heavy atom. The molecule has 76 valence electrons. The van der Waals surface area contributed by atoms with Crippen molar-refractivity contribution in [2.24, 2.45) is 0 Å². The summed E-state index contributed by atoms with van der Waals surface area (Å²) in [5.74, 6) is 1.03. The molecule has 0 unspecified atom stereocenters. The first-order valence-corrected chi connectivity index (χ1v) is 4.75. The lowest BCUT2D eigenvalue weighted by molar-refractivity contribution is 0.00801. The number of phenols is 1. The number of aromatic hydroxyl groups is 1. The van der Waals surface area contributed by atoms with Gasteiger partial charge >= 0.3 is 0 Å². The third-order valence-corrected chi connectivity index (χ3v) is 2.66. The molecule has 0 amide bonds. The molecule has 2 rings (SSSR count). The predicted molar refractivity (Wildman–Crippen MR) is 52.5 cm³/mol. The maximum Gasteiger partial charge on any atom is 0.129 e. The second kappa shape index (κ2) is 3.17. The van der Waals surface area contributed by atoms with Gasteiger partial charge in [-0.3, -0.25) is 0 Å². The highest BCUT2D eigenvalue weighted by Gasteiger charge is 2.30. The van der Waals surface area contributed by atoms with Gasteiger partial charge in [-0.25, -0.2) is 0 Å². The highest BCUT2D eigenvalue weighted by Crippen LogP contribution is 2.34. The smallest absolute Gasteiger partial charge is 0.129 e. The molecule has 0 bridgehead atoms. The summed E-state index contributed by atoms with van der Waals surface area (Å²) in [6.45, 7) is 1.91. The van der Waals surface area contributed by atoms with E-state index in [-0.39, 0.29) is 12.4 Å². The molecule has 1 atom stereocenters. The molecule has 0 saturated carbocycles. The lowest BCUT2D eigenvalue weighted by atomic mass is 9.93. The first-order chi connectivity index (χ1) is 6.63. The van der Waals surface area contributed by atoms with E-state index in [0.717, 1.165) is 24.2 Å². The molecular weight excluding hydrogens is 180 g/mol. The van der Waals surface area contributed by atoms with E-state index in [1.54, 1.807) is 18.2 Å². The van der Waals surface area contributed by atoms with Crippen LogP contribution >= 0.6 is 0 Å². The first kappa shape index (κ1) is 9.34. The molecule has 0 radical (unpaired) electrons. The van der Waals surface area contributed by atoms with Crippen molar-refractivity contribution in [3.05, 3.63) is 23.8 Å². The zero-order valence-corrected chi connectivity index (χ0v) is 8.16. The average Bonchev–Trinajstić information content (AvgIpc) is 2.19. The zero-order valence-electron chi connectivity index (χ0n) is 8.16. The van der Waals surface area contributed by atoms with E-state index in [1.165, 1.54) is 0 Å². The monoisotopic (exact) mass is 194 g/mol. The van der Waals surface area contributed by atoms with E-state index in [1.807, 2.05) is 6.92 Å². The van der Waals surface area contributed by atoms with Gasteiger partial charge in [-0.1, -0.05) is 0 Å². The number of benzene rings is 1. The lowest BCUT2D eigenvalue weighted by Crippen LogP contribution is -2.39. The van der Waals surface area contributed by atoms with E-state index >= 15 is 0 Å². The molecule has 3 nitrogen and oxygen atoms in total. The van der Waals surface area contributed by atoms with Crippen molar-refractivity contribution in [2.75, 3.05) is 6.61 Å². The Hall–Kier alpha value is -1.22. The van der Waals surface area contributed by atoms with Crippen LogP contribution in [0.4, 0.5) is 0 Å². The summed E-state index contributed by atoms with van der Waals surface area (Å²) in [6.07, 6.45) is 1.61. The fourth-order valence-corrected chi connectivity index (χ4v) is 1.69. The van der Waals surface area contributed by atoms with Crippen LogP contribution in [-0.2, 0) is 6.42 Å². The Labute approximate surface area is 83.0 Å². The van der Waals surface area contributed by atoms with Crippen molar-refractivity contribution in [1.82, 2.24) is 0 Å². The van der Waals surface area contributed by atoms with Gasteiger partial charge in [0.2, 0.25) is 0 Å². The number of hydrogen-bond donors (Lipinski definition) is 2. The van der Waals surface area contributed by atoms with Crippen LogP contribution in [0.3, 0.4) is 0 Å². The summed E-state index contributed by atoms with van der Waals surface area (Å²) < 4.78 is 5.66. The number of hydrogen-bond acceptors (Lipinski definition) is 3. The molecule has 14 heavy (non-hydrogen) atoms. The third-order valence-electron chi connectivity index (χ3n) is 2.66. The van der Waals surface area contributed by atoms with E-state index in [4.69, 9.17) is 9.84 Å². The topological polar surface area (TPSA) is 49.7 Å². The highest BCUT2D eigenvalue weighted by atomic mass is 16.5. The average molecular weight is 194 g/mol.